The number of piperazine rings is 1. The standard InChI is InChI=1S/C21H29N5O3/c1-15(2)29-20-18-12-16(5-6-19(18)23-14-24-20)25-7-9-26(10-8-25)21(27)22-13-17-4-3-11-28-17/h5-6,12,14-15,17H,3-4,7-11,13H2,1-2H3,(H,22,27). The number of fused-ring (bicyclic) bond motifs is 1. The smallest absolute Gasteiger partial charge is 0.317 e. The Morgan fingerprint density at radius 2 is 2.10 bits per heavy atom. The van der Waals surface area contributed by atoms with E-state index in [0.29, 0.717) is 25.5 Å². The van der Waals surface area contributed by atoms with Gasteiger partial charge in [0.15, 0.2) is 0 Å². The average Bonchev–Trinajstić information content (AvgIpc) is 3.25. The normalized spacial score (nSPS) is 19.8. The lowest BCUT2D eigenvalue weighted by atomic mass is 10.2. The fourth-order valence-electron chi connectivity index (χ4n) is 3.82. The quantitative estimate of drug-likeness (QED) is 0.832. The Bertz CT molecular complexity index is 845. The number of aromatic nitrogens is 2. The number of amides is 2. The summed E-state index contributed by atoms with van der Waals surface area (Å²) >= 11 is 0. The summed E-state index contributed by atoms with van der Waals surface area (Å²) in [6.07, 6.45) is 3.87. The number of carbonyl (C=O) groups excluding carboxylic acids is 1. The topological polar surface area (TPSA) is 79.8 Å². The maximum Gasteiger partial charge on any atom is 0.317 e. The first kappa shape index (κ1) is 19.7. The SMILES string of the molecule is CC(C)Oc1ncnc2ccc(N3CCN(C(=O)NCC4CCCO4)CC3)cc12. The second-order valence-corrected chi connectivity index (χ2v) is 7.84. The summed E-state index contributed by atoms with van der Waals surface area (Å²) in [7, 11) is 0. The number of urea groups is 1. The lowest BCUT2D eigenvalue weighted by molar-refractivity contribution is 0.108. The Morgan fingerprint density at radius 1 is 1.28 bits per heavy atom. The van der Waals surface area contributed by atoms with Crippen LogP contribution in [0.5, 0.6) is 5.88 Å². The maximum absolute atomic E-state index is 12.4. The summed E-state index contributed by atoms with van der Waals surface area (Å²) < 4.78 is 11.4. The summed E-state index contributed by atoms with van der Waals surface area (Å²) in [5.74, 6) is 0.610. The Morgan fingerprint density at radius 3 is 2.83 bits per heavy atom. The van der Waals surface area contributed by atoms with E-state index in [1.165, 1.54) is 6.33 Å². The van der Waals surface area contributed by atoms with Crippen LogP contribution in [0.1, 0.15) is 26.7 Å². The second-order valence-electron chi connectivity index (χ2n) is 7.84. The molecule has 0 radical (unpaired) electrons. The first-order valence-corrected chi connectivity index (χ1v) is 10.4. The van der Waals surface area contributed by atoms with Crippen molar-refractivity contribution >= 4 is 22.6 Å². The second kappa shape index (κ2) is 8.82. The van der Waals surface area contributed by atoms with Gasteiger partial charge in [0.05, 0.1) is 23.1 Å². The number of benzene rings is 1. The molecule has 8 heteroatoms. The summed E-state index contributed by atoms with van der Waals surface area (Å²) in [5, 5.41) is 3.92. The largest absolute Gasteiger partial charge is 0.474 e. The van der Waals surface area contributed by atoms with E-state index in [-0.39, 0.29) is 18.2 Å². The Labute approximate surface area is 171 Å². The molecule has 2 aromatic rings. The van der Waals surface area contributed by atoms with E-state index in [1.807, 2.05) is 24.8 Å². The van der Waals surface area contributed by atoms with Crippen LogP contribution in [0.25, 0.3) is 10.9 Å². The van der Waals surface area contributed by atoms with Crippen molar-refractivity contribution in [2.45, 2.75) is 38.9 Å². The minimum Gasteiger partial charge on any atom is -0.474 e. The van der Waals surface area contributed by atoms with E-state index in [2.05, 4.69) is 32.3 Å². The van der Waals surface area contributed by atoms with Gasteiger partial charge in [-0.05, 0) is 44.9 Å². The van der Waals surface area contributed by atoms with Gasteiger partial charge in [-0.2, -0.15) is 0 Å². The van der Waals surface area contributed by atoms with Gasteiger partial charge >= 0.3 is 6.03 Å². The highest BCUT2D eigenvalue weighted by Crippen LogP contribution is 2.28. The van der Waals surface area contributed by atoms with Crippen molar-refractivity contribution in [2.24, 2.45) is 0 Å². The van der Waals surface area contributed by atoms with Gasteiger partial charge in [-0.15, -0.1) is 0 Å². The van der Waals surface area contributed by atoms with Crippen molar-refractivity contribution in [1.82, 2.24) is 20.2 Å². The molecular formula is C21H29N5O3. The fraction of sp³-hybridized carbons (Fsp3) is 0.571. The molecule has 2 aliphatic heterocycles. The summed E-state index contributed by atoms with van der Waals surface area (Å²) in [5.41, 5.74) is 1.96. The molecule has 8 nitrogen and oxygen atoms in total. The lowest BCUT2D eigenvalue weighted by Crippen LogP contribution is -2.52. The van der Waals surface area contributed by atoms with Crippen LogP contribution >= 0.6 is 0 Å². The molecule has 0 spiro atoms. The predicted molar refractivity (Wildman–Crippen MR) is 111 cm³/mol. The molecule has 2 saturated heterocycles. The molecule has 1 aromatic carbocycles. The van der Waals surface area contributed by atoms with Gasteiger partial charge in [0.2, 0.25) is 5.88 Å². The lowest BCUT2D eigenvalue weighted by Gasteiger charge is -2.36. The highest BCUT2D eigenvalue weighted by Gasteiger charge is 2.23. The summed E-state index contributed by atoms with van der Waals surface area (Å²) in [6, 6.07) is 6.15. The van der Waals surface area contributed by atoms with E-state index in [4.69, 9.17) is 9.47 Å². The molecule has 2 fully saturated rings. The average molecular weight is 399 g/mol. The van der Waals surface area contributed by atoms with E-state index in [0.717, 1.165) is 49.1 Å². The molecule has 2 amide bonds. The van der Waals surface area contributed by atoms with Gasteiger partial charge in [0, 0.05) is 45.0 Å². The Kier molecular flexibility index (Phi) is 5.99. The molecule has 0 aliphatic carbocycles. The van der Waals surface area contributed by atoms with Crippen molar-refractivity contribution < 1.29 is 14.3 Å². The van der Waals surface area contributed by atoms with E-state index in [9.17, 15) is 4.79 Å². The summed E-state index contributed by atoms with van der Waals surface area (Å²) in [4.78, 5) is 25.2. The van der Waals surface area contributed by atoms with Crippen LogP contribution in [-0.2, 0) is 4.74 Å². The van der Waals surface area contributed by atoms with E-state index < -0.39 is 0 Å². The molecule has 1 unspecified atom stereocenters. The number of hydrogen-bond donors (Lipinski definition) is 1. The third-order valence-electron chi connectivity index (χ3n) is 5.37. The van der Waals surface area contributed by atoms with Crippen LogP contribution in [0.2, 0.25) is 0 Å². The monoisotopic (exact) mass is 399 g/mol. The predicted octanol–water partition coefficient (Wildman–Crippen LogP) is 2.43. The highest BCUT2D eigenvalue weighted by molar-refractivity contribution is 5.86. The van der Waals surface area contributed by atoms with Gasteiger partial charge in [0.1, 0.15) is 6.33 Å². The Hall–Kier alpha value is -2.61. The van der Waals surface area contributed by atoms with Crippen LogP contribution in [0.15, 0.2) is 24.5 Å². The zero-order valence-corrected chi connectivity index (χ0v) is 17.1. The van der Waals surface area contributed by atoms with Crippen molar-refractivity contribution in [1.29, 1.82) is 0 Å². The van der Waals surface area contributed by atoms with Crippen LogP contribution < -0.4 is 15.0 Å². The number of hydrogen-bond acceptors (Lipinski definition) is 6. The molecule has 4 rings (SSSR count). The third-order valence-corrected chi connectivity index (χ3v) is 5.37. The van der Waals surface area contributed by atoms with Crippen LogP contribution in [0, 0.1) is 0 Å². The Balaban J connectivity index is 1.37. The molecule has 3 heterocycles. The first-order chi connectivity index (χ1) is 14.1. The molecular weight excluding hydrogens is 370 g/mol. The van der Waals surface area contributed by atoms with Crippen molar-refractivity contribution in [3.8, 4) is 5.88 Å². The molecule has 2 aliphatic rings. The molecule has 0 bridgehead atoms. The minimum absolute atomic E-state index is 0.000295. The highest BCUT2D eigenvalue weighted by atomic mass is 16.5. The molecule has 1 atom stereocenters. The summed E-state index contributed by atoms with van der Waals surface area (Å²) in [6.45, 7) is 8.33. The third kappa shape index (κ3) is 4.70. The number of anilines is 1. The number of nitrogens with zero attached hydrogens (tertiary/aromatic N) is 4. The molecule has 29 heavy (non-hydrogen) atoms. The van der Waals surface area contributed by atoms with Gasteiger partial charge in [-0.3, -0.25) is 0 Å². The molecule has 156 valence electrons. The van der Waals surface area contributed by atoms with Crippen LogP contribution in [-0.4, -0.2) is 72.4 Å². The van der Waals surface area contributed by atoms with Gasteiger partial charge in [0.25, 0.3) is 0 Å². The maximum atomic E-state index is 12.4. The minimum atomic E-state index is -0.000295. The van der Waals surface area contributed by atoms with E-state index in [1.54, 1.807) is 0 Å². The van der Waals surface area contributed by atoms with Crippen molar-refractivity contribution in [3.05, 3.63) is 24.5 Å². The fourth-order valence-corrected chi connectivity index (χ4v) is 3.82. The number of nitrogens with one attached hydrogen (secondary N) is 1. The molecule has 0 saturated carbocycles. The zero-order valence-electron chi connectivity index (χ0n) is 17.1. The van der Waals surface area contributed by atoms with Gasteiger partial charge in [-0.1, -0.05) is 0 Å². The zero-order chi connectivity index (χ0) is 20.2. The first-order valence-electron chi connectivity index (χ1n) is 10.4. The number of rotatable bonds is 5. The van der Waals surface area contributed by atoms with Crippen LogP contribution in [0.3, 0.4) is 0 Å². The number of carbonyl (C=O) groups is 1. The van der Waals surface area contributed by atoms with Crippen molar-refractivity contribution in [2.75, 3.05) is 44.2 Å². The van der Waals surface area contributed by atoms with Crippen molar-refractivity contribution in [3.63, 3.8) is 0 Å². The van der Waals surface area contributed by atoms with Gasteiger partial charge in [-0.25, -0.2) is 14.8 Å². The molecule has 1 N–H and O–H groups in total. The van der Waals surface area contributed by atoms with Crippen LogP contribution in [0.4, 0.5) is 10.5 Å². The van der Waals surface area contributed by atoms with E-state index >= 15 is 0 Å². The number of ether oxygens (including phenoxy) is 2. The molecule has 1 aromatic heterocycles. The van der Waals surface area contributed by atoms with Gasteiger partial charge < -0.3 is 24.6 Å².